The first-order valence-corrected chi connectivity index (χ1v) is 4.74. The van der Waals surface area contributed by atoms with Gasteiger partial charge in [-0.1, -0.05) is 0 Å². The Morgan fingerprint density at radius 1 is 1.60 bits per heavy atom. The molecule has 15 heavy (non-hydrogen) atoms. The third-order valence-electron chi connectivity index (χ3n) is 2.69. The molecule has 1 fully saturated rings. The van der Waals surface area contributed by atoms with Crippen molar-refractivity contribution >= 4 is 0 Å². The van der Waals surface area contributed by atoms with Crippen LogP contribution in [-0.2, 0) is 0 Å². The number of aliphatic hydroxyl groups excluding tert-OH is 2. The summed E-state index contributed by atoms with van der Waals surface area (Å²) in [4.78, 5) is 24.3. The van der Waals surface area contributed by atoms with E-state index in [-0.39, 0.29) is 18.6 Å². The number of nitrogens with zero attached hydrogens (tertiary/aromatic N) is 1. The number of aromatic amines is 1. The molecule has 1 aliphatic carbocycles. The Bertz CT molecular complexity index is 464. The lowest BCUT2D eigenvalue weighted by Gasteiger charge is -2.07. The molecule has 2 rings (SSSR count). The molecule has 0 amide bonds. The lowest BCUT2D eigenvalue weighted by Crippen LogP contribution is -2.29. The first-order chi connectivity index (χ1) is 7.13. The van der Waals surface area contributed by atoms with Crippen LogP contribution in [0.25, 0.3) is 0 Å². The lowest BCUT2D eigenvalue weighted by molar-refractivity contribution is 0.0739. The molecule has 0 radical (unpaired) electrons. The van der Waals surface area contributed by atoms with Crippen LogP contribution in [0, 0.1) is 5.92 Å². The first-order valence-electron chi connectivity index (χ1n) is 4.74. The third kappa shape index (κ3) is 1.86. The molecule has 1 aromatic heterocycles. The van der Waals surface area contributed by atoms with Gasteiger partial charge in [-0.15, -0.1) is 0 Å². The fraction of sp³-hybridized carbons (Fsp3) is 0.556. The van der Waals surface area contributed by atoms with Crippen LogP contribution in [0.2, 0.25) is 0 Å². The van der Waals surface area contributed by atoms with Crippen LogP contribution in [0.1, 0.15) is 12.5 Å². The van der Waals surface area contributed by atoms with Crippen molar-refractivity contribution in [1.29, 1.82) is 0 Å². The van der Waals surface area contributed by atoms with Gasteiger partial charge in [0.15, 0.2) is 0 Å². The van der Waals surface area contributed by atoms with Crippen molar-refractivity contribution in [2.24, 2.45) is 5.92 Å². The average molecular weight is 212 g/mol. The highest BCUT2D eigenvalue weighted by molar-refractivity contribution is 4.99. The number of aromatic nitrogens is 2. The maximum atomic E-state index is 11.3. The van der Waals surface area contributed by atoms with Crippen molar-refractivity contribution < 1.29 is 10.2 Å². The quantitative estimate of drug-likeness (QED) is 0.565. The van der Waals surface area contributed by atoms with E-state index in [0.29, 0.717) is 6.42 Å². The molecule has 6 heteroatoms. The fourth-order valence-corrected chi connectivity index (χ4v) is 1.76. The Morgan fingerprint density at radius 2 is 2.33 bits per heavy atom. The largest absolute Gasteiger partial charge is 0.394 e. The molecule has 3 unspecified atom stereocenters. The van der Waals surface area contributed by atoms with Gasteiger partial charge in [0.1, 0.15) is 0 Å². The summed E-state index contributed by atoms with van der Waals surface area (Å²) in [6.07, 6.45) is 1.26. The summed E-state index contributed by atoms with van der Waals surface area (Å²) < 4.78 is 1.38. The van der Waals surface area contributed by atoms with Crippen LogP contribution in [0.3, 0.4) is 0 Å². The standard InChI is InChI=1S/C9H12N2O4/c12-4-7(13)5-3-6(5)11-2-1-8(14)10-9(11)15/h1-2,5-7,12-13H,3-4H2,(H,10,14,15). The molecule has 1 aromatic rings. The van der Waals surface area contributed by atoms with Crippen LogP contribution in [0.15, 0.2) is 21.9 Å². The summed E-state index contributed by atoms with van der Waals surface area (Å²) >= 11 is 0. The molecule has 0 bridgehead atoms. The fourth-order valence-electron chi connectivity index (χ4n) is 1.76. The van der Waals surface area contributed by atoms with Crippen molar-refractivity contribution in [3.8, 4) is 0 Å². The van der Waals surface area contributed by atoms with E-state index in [1.165, 1.54) is 16.8 Å². The second kappa shape index (κ2) is 3.63. The molecule has 3 atom stereocenters. The monoisotopic (exact) mass is 212 g/mol. The number of aliphatic hydroxyl groups is 2. The van der Waals surface area contributed by atoms with E-state index in [2.05, 4.69) is 4.98 Å². The van der Waals surface area contributed by atoms with Gasteiger partial charge < -0.3 is 10.2 Å². The van der Waals surface area contributed by atoms with Gasteiger partial charge in [-0.25, -0.2) is 4.79 Å². The summed E-state index contributed by atoms with van der Waals surface area (Å²) in [7, 11) is 0. The molecule has 3 N–H and O–H groups in total. The molecule has 0 saturated heterocycles. The SMILES string of the molecule is O=c1ccn(C2CC2C(O)CO)c(=O)[nH]1. The molecule has 0 spiro atoms. The predicted molar refractivity (Wildman–Crippen MR) is 51.6 cm³/mol. The Hall–Kier alpha value is -1.40. The van der Waals surface area contributed by atoms with Crippen LogP contribution < -0.4 is 11.2 Å². The Kier molecular flexibility index (Phi) is 2.45. The van der Waals surface area contributed by atoms with E-state index in [1.54, 1.807) is 0 Å². The van der Waals surface area contributed by atoms with E-state index in [0.717, 1.165) is 0 Å². The van der Waals surface area contributed by atoms with Crippen molar-refractivity contribution in [3.63, 3.8) is 0 Å². The van der Waals surface area contributed by atoms with Gasteiger partial charge in [0, 0.05) is 24.2 Å². The summed E-state index contributed by atoms with van der Waals surface area (Å²) in [5.74, 6) is -0.0985. The molecule has 1 heterocycles. The molecular weight excluding hydrogens is 200 g/mol. The Morgan fingerprint density at radius 3 is 2.93 bits per heavy atom. The van der Waals surface area contributed by atoms with Gasteiger partial charge in [0.25, 0.3) is 5.56 Å². The van der Waals surface area contributed by atoms with Gasteiger partial charge in [-0.2, -0.15) is 0 Å². The predicted octanol–water partition coefficient (Wildman–Crippen LogP) is -1.55. The van der Waals surface area contributed by atoms with E-state index in [9.17, 15) is 14.7 Å². The number of nitrogens with one attached hydrogen (secondary N) is 1. The number of H-pyrrole nitrogens is 1. The summed E-state index contributed by atoms with van der Waals surface area (Å²) in [5.41, 5.74) is -0.906. The molecule has 0 aromatic carbocycles. The minimum absolute atomic E-state index is 0.0985. The Balaban J connectivity index is 2.20. The van der Waals surface area contributed by atoms with Crippen LogP contribution in [0.5, 0.6) is 0 Å². The zero-order valence-corrected chi connectivity index (χ0v) is 7.96. The minimum atomic E-state index is -0.797. The summed E-state index contributed by atoms with van der Waals surface area (Å²) in [5, 5.41) is 18.1. The van der Waals surface area contributed by atoms with Crippen LogP contribution in [-0.4, -0.2) is 32.5 Å². The zero-order valence-electron chi connectivity index (χ0n) is 7.96. The topological polar surface area (TPSA) is 95.3 Å². The third-order valence-corrected chi connectivity index (χ3v) is 2.69. The van der Waals surface area contributed by atoms with E-state index >= 15 is 0 Å². The number of rotatable bonds is 3. The summed E-state index contributed by atoms with van der Waals surface area (Å²) in [6, 6.07) is 1.15. The van der Waals surface area contributed by atoms with Crippen molar-refractivity contribution in [3.05, 3.63) is 33.1 Å². The normalized spacial score (nSPS) is 26.3. The maximum Gasteiger partial charge on any atom is 0.328 e. The molecule has 6 nitrogen and oxygen atoms in total. The highest BCUT2D eigenvalue weighted by Gasteiger charge is 2.44. The second-order valence-corrected chi connectivity index (χ2v) is 3.73. The number of hydrogen-bond acceptors (Lipinski definition) is 4. The van der Waals surface area contributed by atoms with Crippen LogP contribution >= 0.6 is 0 Å². The van der Waals surface area contributed by atoms with E-state index in [1.807, 2.05) is 0 Å². The molecule has 1 saturated carbocycles. The molecule has 1 aliphatic rings. The average Bonchev–Trinajstić information content (AvgIpc) is 2.96. The van der Waals surface area contributed by atoms with Gasteiger partial charge in [-0.05, 0) is 6.42 Å². The second-order valence-electron chi connectivity index (χ2n) is 3.73. The molecular formula is C9H12N2O4. The highest BCUT2D eigenvalue weighted by Crippen LogP contribution is 2.44. The van der Waals surface area contributed by atoms with Gasteiger partial charge in [0.2, 0.25) is 0 Å². The minimum Gasteiger partial charge on any atom is -0.394 e. The van der Waals surface area contributed by atoms with Gasteiger partial charge in [0.05, 0.1) is 12.7 Å². The zero-order chi connectivity index (χ0) is 11.0. The van der Waals surface area contributed by atoms with Crippen molar-refractivity contribution in [2.45, 2.75) is 18.6 Å². The first kappa shape index (κ1) is 10.1. The van der Waals surface area contributed by atoms with E-state index in [4.69, 9.17) is 5.11 Å². The van der Waals surface area contributed by atoms with Crippen molar-refractivity contribution in [1.82, 2.24) is 9.55 Å². The Labute approximate surface area is 84.8 Å². The molecule has 0 aliphatic heterocycles. The maximum absolute atomic E-state index is 11.3. The lowest BCUT2D eigenvalue weighted by atomic mass is 10.2. The van der Waals surface area contributed by atoms with Gasteiger partial charge >= 0.3 is 5.69 Å². The van der Waals surface area contributed by atoms with Crippen molar-refractivity contribution in [2.75, 3.05) is 6.61 Å². The number of hydrogen-bond donors (Lipinski definition) is 3. The molecule has 82 valence electrons. The van der Waals surface area contributed by atoms with E-state index < -0.39 is 17.4 Å². The highest BCUT2D eigenvalue weighted by atomic mass is 16.3. The van der Waals surface area contributed by atoms with Gasteiger partial charge in [-0.3, -0.25) is 14.3 Å². The summed E-state index contributed by atoms with van der Waals surface area (Å²) in [6.45, 7) is -0.306. The smallest absolute Gasteiger partial charge is 0.328 e. The van der Waals surface area contributed by atoms with Crippen LogP contribution in [0.4, 0.5) is 0 Å².